The van der Waals surface area contributed by atoms with E-state index in [2.05, 4.69) is 13.8 Å². The summed E-state index contributed by atoms with van der Waals surface area (Å²) in [7, 11) is 3.20. The van der Waals surface area contributed by atoms with Crippen molar-refractivity contribution in [3.05, 3.63) is 23.3 Å². The molecule has 3 aliphatic rings. The predicted molar refractivity (Wildman–Crippen MR) is 104 cm³/mol. The van der Waals surface area contributed by atoms with Crippen LogP contribution in [0.3, 0.4) is 0 Å². The average molecular weight is 400 g/mol. The average Bonchev–Trinajstić information content (AvgIpc) is 3.38. The van der Waals surface area contributed by atoms with E-state index in [0.29, 0.717) is 34.5 Å². The summed E-state index contributed by atoms with van der Waals surface area (Å²) >= 11 is 0. The second-order valence-electron chi connectivity index (χ2n) is 7.77. The Morgan fingerprint density at radius 2 is 1.45 bits per heavy atom. The lowest BCUT2D eigenvalue weighted by Gasteiger charge is -2.32. The maximum absolute atomic E-state index is 11.3. The third-order valence-electron chi connectivity index (χ3n) is 6.27. The van der Waals surface area contributed by atoms with Crippen molar-refractivity contribution >= 4 is 0 Å². The molecule has 0 bridgehead atoms. The van der Waals surface area contributed by atoms with Crippen LogP contribution in [0.15, 0.2) is 12.1 Å². The number of methoxy groups -OCH3 is 2. The lowest BCUT2D eigenvalue weighted by atomic mass is 9.76. The van der Waals surface area contributed by atoms with Crippen LogP contribution in [-0.4, -0.2) is 32.9 Å². The Morgan fingerprint density at radius 1 is 0.862 bits per heavy atom. The summed E-state index contributed by atoms with van der Waals surface area (Å²) in [4.78, 5) is 0. The van der Waals surface area contributed by atoms with E-state index >= 15 is 0 Å². The number of aliphatic hydroxyl groups excluding tert-OH is 1. The second-order valence-corrected chi connectivity index (χ2v) is 7.77. The fraction of sp³-hybridized carbons (Fsp3) is 0.455. The summed E-state index contributed by atoms with van der Waals surface area (Å²) in [5, 5.41) is 11.3. The maximum atomic E-state index is 11.3. The van der Waals surface area contributed by atoms with Gasteiger partial charge in [0.15, 0.2) is 23.0 Å². The van der Waals surface area contributed by atoms with Crippen LogP contribution in [0.5, 0.6) is 34.5 Å². The summed E-state index contributed by atoms with van der Waals surface area (Å²) in [5.74, 6) is 3.67. The van der Waals surface area contributed by atoms with E-state index in [1.54, 1.807) is 14.2 Å². The summed E-state index contributed by atoms with van der Waals surface area (Å²) in [6.07, 6.45) is 0.0455. The summed E-state index contributed by atoms with van der Waals surface area (Å²) < 4.78 is 34.3. The lowest BCUT2D eigenvalue weighted by Crippen LogP contribution is -2.22. The zero-order valence-electron chi connectivity index (χ0n) is 16.9. The molecule has 0 saturated heterocycles. The lowest BCUT2D eigenvalue weighted by molar-refractivity contribution is 0.0864. The van der Waals surface area contributed by atoms with Crippen LogP contribution >= 0.6 is 0 Å². The zero-order valence-corrected chi connectivity index (χ0v) is 16.9. The van der Waals surface area contributed by atoms with E-state index < -0.39 is 6.10 Å². The van der Waals surface area contributed by atoms with Crippen molar-refractivity contribution in [2.24, 2.45) is 11.8 Å². The van der Waals surface area contributed by atoms with Crippen LogP contribution in [0, 0.1) is 11.8 Å². The van der Waals surface area contributed by atoms with Gasteiger partial charge in [-0.1, -0.05) is 13.8 Å². The predicted octanol–water partition coefficient (Wildman–Crippen LogP) is 3.69. The quantitative estimate of drug-likeness (QED) is 0.824. The number of hydrogen-bond donors (Lipinski definition) is 1. The third kappa shape index (κ3) is 2.53. The molecule has 2 aromatic carbocycles. The zero-order chi connectivity index (χ0) is 20.3. The Kier molecular flexibility index (Phi) is 4.17. The largest absolute Gasteiger partial charge is 0.492 e. The van der Waals surface area contributed by atoms with E-state index in [9.17, 15) is 5.11 Å². The molecular weight excluding hydrogens is 376 g/mol. The second kappa shape index (κ2) is 6.62. The fourth-order valence-electron chi connectivity index (χ4n) is 4.54. The molecule has 7 heteroatoms. The molecule has 0 amide bonds. The van der Waals surface area contributed by atoms with Gasteiger partial charge in [-0.15, -0.1) is 0 Å². The van der Waals surface area contributed by atoms with E-state index in [0.717, 1.165) is 28.7 Å². The van der Waals surface area contributed by atoms with Gasteiger partial charge in [-0.25, -0.2) is 0 Å². The third-order valence-corrected chi connectivity index (χ3v) is 6.27. The Bertz CT molecular complexity index is 984. The molecule has 2 aromatic rings. The highest BCUT2D eigenvalue weighted by atomic mass is 16.7. The van der Waals surface area contributed by atoms with Gasteiger partial charge in [-0.3, -0.25) is 0 Å². The SMILES string of the molecule is COc1c2c(cc3c1-c1c(cc4c(c1OC)OCO4)[C@H](O)[C@H](C)[C@H](C)C3)OCO2. The van der Waals surface area contributed by atoms with Crippen LogP contribution < -0.4 is 28.4 Å². The fourth-order valence-corrected chi connectivity index (χ4v) is 4.54. The first-order valence-corrected chi connectivity index (χ1v) is 9.73. The molecule has 7 nitrogen and oxygen atoms in total. The molecule has 1 aliphatic carbocycles. The highest BCUT2D eigenvalue weighted by Gasteiger charge is 2.38. The number of rotatable bonds is 2. The number of fused-ring (bicyclic) bond motifs is 5. The normalized spacial score (nSPS) is 23.7. The standard InChI is InChI=1S/C22H24O7/c1-10-5-12-6-14-19(28-8-26-14)21(24-3)16(12)17-13(18(23)11(10)2)7-15-20(22(17)25-4)29-9-27-15/h6-7,10-11,18,23H,5,8-9H2,1-4H3/t10-,11-,18-/m1/s1. The maximum Gasteiger partial charge on any atom is 0.231 e. The number of ether oxygens (including phenoxy) is 6. The van der Waals surface area contributed by atoms with Gasteiger partial charge in [0.1, 0.15) is 0 Å². The molecule has 0 unspecified atom stereocenters. The first-order valence-electron chi connectivity index (χ1n) is 9.73. The van der Waals surface area contributed by atoms with Crippen molar-refractivity contribution in [3.8, 4) is 45.6 Å². The summed E-state index contributed by atoms with van der Waals surface area (Å²) in [5.41, 5.74) is 3.35. The highest BCUT2D eigenvalue weighted by Crippen LogP contribution is 2.58. The first-order chi connectivity index (χ1) is 14.0. The first kappa shape index (κ1) is 18.2. The van der Waals surface area contributed by atoms with Crippen LogP contribution in [0.1, 0.15) is 31.1 Å². The van der Waals surface area contributed by atoms with E-state index in [4.69, 9.17) is 28.4 Å². The Hall–Kier alpha value is -2.80. The minimum absolute atomic E-state index is 0.0170. The molecule has 0 spiro atoms. The molecule has 29 heavy (non-hydrogen) atoms. The highest BCUT2D eigenvalue weighted by molar-refractivity contribution is 5.89. The van der Waals surface area contributed by atoms with Gasteiger partial charge >= 0.3 is 0 Å². The topological polar surface area (TPSA) is 75.6 Å². The Morgan fingerprint density at radius 3 is 2.07 bits per heavy atom. The Balaban J connectivity index is 1.90. The van der Waals surface area contributed by atoms with Crippen molar-refractivity contribution in [3.63, 3.8) is 0 Å². The van der Waals surface area contributed by atoms with Gasteiger partial charge < -0.3 is 33.5 Å². The number of hydrogen-bond acceptors (Lipinski definition) is 7. The molecule has 1 N–H and O–H groups in total. The molecule has 0 fully saturated rings. The van der Waals surface area contributed by atoms with Crippen LogP contribution in [0.25, 0.3) is 11.1 Å². The number of benzene rings is 2. The van der Waals surface area contributed by atoms with Crippen molar-refractivity contribution in [2.45, 2.75) is 26.4 Å². The molecule has 0 saturated carbocycles. The molecule has 3 atom stereocenters. The van der Waals surface area contributed by atoms with E-state index in [1.807, 2.05) is 12.1 Å². The van der Waals surface area contributed by atoms with Gasteiger partial charge in [0.2, 0.25) is 25.1 Å². The van der Waals surface area contributed by atoms with Gasteiger partial charge in [-0.2, -0.15) is 0 Å². The Labute approximate surface area is 169 Å². The van der Waals surface area contributed by atoms with Gasteiger partial charge in [0, 0.05) is 11.1 Å². The monoisotopic (exact) mass is 400 g/mol. The minimum atomic E-state index is -0.702. The van der Waals surface area contributed by atoms with E-state index in [-0.39, 0.29) is 25.4 Å². The van der Waals surface area contributed by atoms with Gasteiger partial charge in [0.25, 0.3) is 0 Å². The molecule has 5 rings (SSSR count). The summed E-state index contributed by atoms with van der Waals surface area (Å²) in [6.45, 7) is 4.46. The summed E-state index contributed by atoms with van der Waals surface area (Å²) in [6, 6.07) is 3.86. The molecular formula is C22H24O7. The minimum Gasteiger partial charge on any atom is -0.492 e. The van der Waals surface area contributed by atoms with Crippen LogP contribution in [-0.2, 0) is 6.42 Å². The van der Waals surface area contributed by atoms with Crippen molar-refractivity contribution < 1.29 is 33.5 Å². The molecule has 2 aliphatic heterocycles. The van der Waals surface area contributed by atoms with E-state index in [1.165, 1.54) is 0 Å². The smallest absolute Gasteiger partial charge is 0.231 e. The number of aliphatic hydroxyl groups is 1. The van der Waals surface area contributed by atoms with Gasteiger partial charge in [-0.05, 0) is 41.5 Å². The molecule has 0 radical (unpaired) electrons. The molecule has 2 heterocycles. The van der Waals surface area contributed by atoms with Crippen LogP contribution in [0.4, 0.5) is 0 Å². The van der Waals surface area contributed by atoms with Crippen molar-refractivity contribution in [1.29, 1.82) is 0 Å². The van der Waals surface area contributed by atoms with Crippen molar-refractivity contribution in [1.82, 2.24) is 0 Å². The molecule has 0 aromatic heterocycles. The van der Waals surface area contributed by atoms with Crippen molar-refractivity contribution in [2.75, 3.05) is 27.8 Å². The van der Waals surface area contributed by atoms with Crippen LogP contribution in [0.2, 0.25) is 0 Å². The molecule has 154 valence electrons. The van der Waals surface area contributed by atoms with Gasteiger partial charge in [0.05, 0.1) is 20.3 Å².